The van der Waals surface area contributed by atoms with Crippen molar-refractivity contribution >= 4 is 0 Å². The first-order valence-corrected chi connectivity index (χ1v) is 4.45. The monoisotopic (exact) mass is 202 g/mol. The molecule has 0 saturated carbocycles. The highest BCUT2D eigenvalue weighted by atomic mass is 16.5. The molecule has 0 unspecified atom stereocenters. The molecule has 0 aliphatic rings. The van der Waals surface area contributed by atoms with Gasteiger partial charge in [-0.05, 0) is 24.3 Å². The maximum absolute atomic E-state index is 9.16. The molecule has 1 heterocycles. The van der Waals surface area contributed by atoms with Gasteiger partial charge in [0.15, 0.2) is 0 Å². The van der Waals surface area contributed by atoms with Crippen LogP contribution in [-0.4, -0.2) is 22.2 Å². The molecule has 0 spiro atoms. The van der Waals surface area contributed by atoms with Crippen LogP contribution in [0, 0.1) is 0 Å². The van der Waals surface area contributed by atoms with Gasteiger partial charge >= 0.3 is 0 Å². The van der Waals surface area contributed by atoms with Crippen molar-refractivity contribution in [3.8, 4) is 22.9 Å². The lowest BCUT2D eigenvalue weighted by Crippen LogP contribution is -1.93. The number of phenolic OH excluding ortho intramolecular Hbond substituents is 1. The van der Waals surface area contributed by atoms with Crippen LogP contribution in [0.1, 0.15) is 0 Å². The molecule has 1 aromatic heterocycles. The summed E-state index contributed by atoms with van der Waals surface area (Å²) in [6.45, 7) is 0. The summed E-state index contributed by atoms with van der Waals surface area (Å²) in [7, 11) is 1.55. The van der Waals surface area contributed by atoms with Gasteiger partial charge in [0.05, 0.1) is 7.11 Å². The van der Waals surface area contributed by atoms with Gasteiger partial charge in [0.2, 0.25) is 5.88 Å². The minimum Gasteiger partial charge on any atom is -0.508 e. The number of hydrogen-bond donors (Lipinski definition) is 1. The number of aromatic hydroxyl groups is 1. The van der Waals surface area contributed by atoms with Gasteiger partial charge < -0.3 is 9.84 Å². The third-order valence-electron chi connectivity index (χ3n) is 2.00. The number of ether oxygens (including phenoxy) is 1. The highest BCUT2D eigenvalue weighted by molar-refractivity contribution is 5.64. The predicted octanol–water partition coefficient (Wildman–Crippen LogP) is 1.86. The molecular formula is C11H10N2O2. The first-order chi connectivity index (χ1) is 7.31. The average molecular weight is 202 g/mol. The minimum atomic E-state index is 0.224. The van der Waals surface area contributed by atoms with Crippen LogP contribution in [0.3, 0.4) is 0 Å². The number of rotatable bonds is 2. The summed E-state index contributed by atoms with van der Waals surface area (Å²) in [6.07, 6.45) is 3.17. The van der Waals surface area contributed by atoms with E-state index >= 15 is 0 Å². The Hall–Kier alpha value is -2.10. The first kappa shape index (κ1) is 9.45. The van der Waals surface area contributed by atoms with Gasteiger partial charge in [0.1, 0.15) is 11.4 Å². The van der Waals surface area contributed by atoms with Crippen molar-refractivity contribution in [2.45, 2.75) is 0 Å². The van der Waals surface area contributed by atoms with Gasteiger partial charge in [0, 0.05) is 18.0 Å². The van der Waals surface area contributed by atoms with Crippen molar-refractivity contribution < 1.29 is 9.84 Å². The molecule has 0 radical (unpaired) electrons. The molecule has 0 saturated heterocycles. The molecular weight excluding hydrogens is 192 g/mol. The van der Waals surface area contributed by atoms with Crippen LogP contribution in [0.4, 0.5) is 0 Å². The van der Waals surface area contributed by atoms with Crippen molar-refractivity contribution in [3.63, 3.8) is 0 Å². The van der Waals surface area contributed by atoms with Crippen LogP contribution in [0.15, 0.2) is 36.7 Å². The molecule has 0 aliphatic heterocycles. The summed E-state index contributed by atoms with van der Waals surface area (Å²) in [5.41, 5.74) is 1.53. The van der Waals surface area contributed by atoms with Crippen LogP contribution in [0.2, 0.25) is 0 Å². The Balaban J connectivity index is 2.49. The molecule has 4 nitrogen and oxygen atoms in total. The Labute approximate surface area is 87.2 Å². The lowest BCUT2D eigenvalue weighted by molar-refractivity contribution is 0.397. The van der Waals surface area contributed by atoms with Crippen molar-refractivity contribution in [3.05, 3.63) is 36.7 Å². The van der Waals surface area contributed by atoms with Crippen LogP contribution in [0.5, 0.6) is 11.6 Å². The maximum atomic E-state index is 9.16. The molecule has 1 N–H and O–H groups in total. The zero-order valence-corrected chi connectivity index (χ0v) is 8.21. The fourth-order valence-electron chi connectivity index (χ4n) is 1.29. The number of methoxy groups -OCH3 is 1. The topological polar surface area (TPSA) is 55.2 Å². The summed E-state index contributed by atoms with van der Waals surface area (Å²) in [5, 5.41) is 9.16. The van der Waals surface area contributed by atoms with Gasteiger partial charge in [-0.25, -0.2) is 9.97 Å². The van der Waals surface area contributed by atoms with E-state index in [-0.39, 0.29) is 5.75 Å². The van der Waals surface area contributed by atoms with Gasteiger partial charge in [-0.2, -0.15) is 0 Å². The molecule has 1 aromatic carbocycles. The lowest BCUT2D eigenvalue weighted by atomic mass is 10.1. The van der Waals surface area contributed by atoms with E-state index in [0.717, 1.165) is 5.56 Å². The highest BCUT2D eigenvalue weighted by Gasteiger charge is 2.07. The second-order valence-electron chi connectivity index (χ2n) is 2.96. The Morgan fingerprint density at radius 2 is 1.73 bits per heavy atom. The van der Waals surface area contributed by atoms with Crippen LogP contribution in [0.25, 0.3) is 11.3 Å². The second-order valence-corrected chi connectivity index (χ2v) is 2.96. The van der Waals surface area contributed by atoms with E-state index in [1.54, 1.807) is 43.8 Å². The van der Waals surface area contributed by atoms with E-state index in [2.05, 4.69) is 9.97 Å². The molecule has 0 atom stereocenters. The van der Waals surface area contributed by atoms with Crippen molar-refractivity contribution in [1.82, 2.24) is 9.97 Å². The Bertz CT molecular complexity index is 454. The fraction of sp³-hybridized carbons (Fsp3) is 0.0909. The smallest absolute Gasteiger partial charge is 0.240 e. The molecule has 0 bridgehead atoms. The normalized spacial score (nSPS) is 9.93. The van der Waals surface area contributed by atoms with Gasteiger partial charge in [-0.1, -0.05) is 0 Å². The minimum absolute atomic E-state index is 0.224. The number of aromatic nitrogens is 2. The molecule has 4 heteroatoms. The Kier molecular flexibility index (Phi) is 2.49. The second kappa shape index (κ2) is 3.96. The number of benzene rings is 1. The SMILES string of the molecule is COc1nccnc1-c1ccc(O)cc1. The third kappa shape index (κ3) is 1.88. The number of hydrogen-bond acceptors (Lipinski definition) is 4. The molecule has 2 aromatic rings. The largest absolute Gasteiger partial charge is 0.508 e. The van der Waals surface area contributed by atoms with E-state index in [9.17, 15) is 0 Å². The van der Waals surface area contributed by atoms with Gasteiger partial charge in [-0.15, -0.1) is 0 Å². The summed E-state index contributed by atoms with van der Waals surface area (Å²) in [5.74, 6) is 0.699. The van der Waals surface area contributed by atoms with Crippen LogP contribution < -0.4 is 4.74 Å². The van der Waals surface area contributed by atoms with Crippen molar-refractivity contribution in [2.75, 3.05) is 7.11 Å². The average Bonchev–Trinajstić information content (AvgIpc) is 2.30. The number of nitrogens with zero attached hydrogens (tertiary/aromatic N) is 2. The lowest BCUT2D eigenvalue weighted by Gasteiger charge is -2.05. The fourth-order valence-corrected chi connectivity index (χ4v) is 1.29. The van der Waals surface area contributed by atoms with E-state index in [4.69, 9.17) is 9.84 Å². The van der Waals surface area contributed by atoms with Gasteiger partial charge in [0.25, 0.3) is 0 Å². The Morgan fingerprint density at radius 1 is 1.07 bits per heavy atom. The van der Waals surface area contributed by atoms with Crippen molar-refractivity contribution in [1.29, 1.82) is 0 Å². The van der Waals surface area contributed by atoms with Gasteiger partial charge in [-0.3, -0.25) is 0 Å². The van der Waals surface area contributed by atoms with Crippen LogP contribution >= 0.6 is 0 Å². The Morgan fingerprint density at radius 3 is 2.40 bits per heavy atom. The molecule has 76 valence electrons. The van der Waals surface area contributed by atoms with Crippen molar-refractivity contribution in [2.24, 2.45) is 0 Å². The molecule has 15 heavy (non-hydrogen) atoms. The molecule has 0 fully saturated rings. The van der Waals surface area contributed by atoms with E-state index < -0.39 is 0 Å². The molecule has 0 amide bonds. The first-order valence-electron chi connectivity index (χ1n) is 4.45. The third-order valence-corrected chi connectivity index (χ3v) is 2.00. The van der Waals surface area contributed by atoms with E-state index in [0.29, 0.717) is 11.6 Å². The standard InChI is InChI=1S/C11H10N2O2/c1-15-11-10(12-6-7-13-11)8-2-4-9(14)5-3-8/h2-7,14H,1H3. The summed E-state index contributed by atoms with van der Waals surface area (Å²) in [4.78, 5) is 8.23. The number of phenols is 1. The van der Waals surface area contributed by atoms with E-state index in [1.165, 1.54) is 0 Å². The quantitative estimate of drug-likeness (QED) is 0.807. The van der Waals surface area contributed by atoms with Crippen LogP contribution in [-0.2, 0) is 0 Å². The zero-order chi connectivity index (χ0) is 10.7. The summed E-state index contributed by atoms with van der Waals surface area (Å²) in [6, 6.07) is 6.73. The highest BCUT2D eigenvalue weighted by Crippen LogP contribution is 2.26. The molecule has 2 rings (SSSR count). The van der Waals surface area contributed by atoms with E-state index in [1.807, 2.05) is 0 Å². The maximum Gasteiger partial charge on any atom is 0.240 e. The summed E-state index contributed by atoms with van der Waals surface area (Å²) < 4.78 is 5.09. The summed E-state index contributed by atoms with van der Waals surface area (Å²) >= 11 is 0. The molecule has 0 aliphatic carbocycles. The predicted molar refractivity (Wildman–Crippen MR) is 55.7 cm³/mol. The zero-order valence-electron chi connectivity index (χ0n) is 8.21.